The van der Waals surface area contributed by atoms with Crippen molar-refractivity contribution in [3.63, 3.8) is 0 Å². The number of imidazole rings is 1. The fourth-order valence-corrected chi connectivity index (χ4v) is 3.39. The zero-order valence-corrected chi connectivity index (χ0v) is 15.8. The number of aromatic amines is 1. The summed E-state index contributed by atoms with van der Waals surface area (Å²) in [4.78, 5) is 7.83. The van der Waals surface area contributed by atoms with Crippen LogP contribution in [0.15, 0.2) is 58.1 Å². The average Bonchev–Trinajstić information content (AvgIpc) is 3.26. The summed E-state index contributed by atoms with van der Waals surface area (Å²) in [6.07, 6.45) is 0. The molecule has 0 amide bonds. The van der Waals surface area contributed by atoms with E-state index in [0.29, 0.717) is 17.5 Å². The maximum Gasteiger partial charge on any atom is 0.247 e. The van der Waals surface area contributed by atoms with Crippen molar-refractivity contribution < 1.29 is 4.42 Å². The smallest absolute Gasteiger partial charge is 0.247 e. The molecular weight excluding hydrogens is 344 g/mol. The van der Waals surface area contributed by atoms with Crippen molar-refractivity contribution in [1.82, 2.24) is 20.2 Å². The summed E-state index contributed by atoms with van der Waals surface area (Å²) in [5.41, 5.74) is 4.33. The van der Waals surface area contributed by atoms with Gasteiger partial charge < -0.3 is 9.40 Å². The molecule has 0 saturated carbocycles. The monoisotopic (exact) mass is 364 g/mol. The van der Waals surface area contributed by atoms with E-state index in [-0.39, 0.29) is 5.41 Å². The molecule has 132 valence electrons. The van der Waals surface area contributed by atoms with Crippen LogP contribution in [0.3, 0.4) is 0 Å². The molecule has 0 atom stereocenters. The Morgan fingerprint density at radius 2 is 1.77 bits per heavy atom. The van der Waals surface area contributed by atoms with Gasteiger partial charge in [0, 0.05) is 5.56 Å². The molecule has 0 fully saturated rings. The van der Waals surface area contributed by atoms with E-state index in [1.807, 2.05) is 36.4 Å². The van der Waals surface area contributed by atoms with Gasteiger partial charge in [0.25, 0.3) is 0 Å². The molecule has 0 aliphatic carbocycles. The van der Waals surface area contributed by atoms with Crippen molar-refractivity contribution in [3.05, 3.63) is 60.0 Å². The SMILES string of the molecule is CC(C)(C)c1ccc(-c2nnc(CSc3nc4ccccc4[nH]3)o2)cc1. The maximum atomic E-state index is 5.81. The Labute approximate surface area is 156 Å². The molecule has 0 saturated heterocycles. The third kappa shape index (κ3) is 3.51. The molecule has 4 rings (SSSR count). The van der Waals surface area contributed by atoms with Crippen molar-refractivity contribution in [1.29, 1.82) is 0 Å². The minimum atomic E-state index is 0.127. The second-order valence-electron chi connectivity index (χ2n) is 7.18. The summed E-state index contributed by atoms with van der Waals surface area (Å²) < 4.78 is 5.81. The minimum Gasteiger partial charge on any atom is -0.420 e. The number of para-hydroxylation sites is 2. The van der Waals surface area contributed by atoms with Crippen LogP contribution in [-0.2, 0) is 11.2 Å². The highest BCUT2D eigenvalue weighted by Gasteiger charge is 2.15. The molecule has 2 aromatic carbocycles. The second kappa shape index (κ2) is 6.61. The number of benzene rings is 2. The Balaban J connectivity index is 1.46. The van der Waals surface area contributed by atoms with Crippen LogP contribution in [0.4, 0.5) is 0 Å². The van der Waals surface area contributed by atoms with Gasteiger partial charge in [-0.1, -0.05) is 56.8 Å². The third-order valence-corrected chi connectivity index (χ3v) is 5.02. The van der Waals surface area contributed by atoms with Gasteiger partial charge in [-0.05, 0) is 35.2 Å². The summed E-state index contributed by atoms with van der Waals surface area (Å²) in [5.74, 6) is 1.71. The Kier molecular flexibility index (Phi) is 4.28. The van der Waals surface area contributed by atoms with E-state index < -0.39 is 0 Å². The quantitative estimate of drug-likeness (QED) is 0.504. The topological polar surface area (TPSA) is 67.6 Å². The standard InChI is InChI=1S/C20H20N4OS/c1-20(2,3)14-10-8-13(9-11-14)18-24-23-17(25-18)12-26-19-21-15-6-4-5-7-16(15)22-19/h4-11H,12H2,1-3H3,(H,21,22). The number of nitrogens with one attached hydrogen (secondary N) is 1. The lowest BCUT2D eigenvalue weighted by Gasteiger charge is -2.18. The van der Waals surface area contributed by atoms with Crippen LogP contribution in [-0.4, -0.2) is 20.2 Å². The molecule has 0 aliphatic heterocycles. The number of hydrogen-bond acceptors (Lipinski definition) is 5. The second-order valence-corrected chi connectivity index (χ2v) is 8.14. The number of aromatic nitrogens is 4. The van der Waals surface area contributed by atoms with Crippen LogP contribution in [0, 0.1) is 0 Å². The molecule has 0 radical (unpaired) electrons. The third-order valence-electron chi connectivity index (χ3n) is 4.16. The summed E-state index contributed by atoms with van der Waals surface area (Å²) in [6, 6.07) is 16.3. The summed E-state index contributed by atoms with van der Waals surface area (Å²) in [6.45, 7) is 6.59. The largest absolute Gasteiger partial charge is 0.420 e. The van der Waals surface area contributed by atoms with E-state index in [4.69, 9.17) is 4.42 Å². The predicted octanol–water partition coefficient (Wildman–Crippen LogP) is 5.20. The van der Waals surface area contributed by atoms with Crippen LogP contribution in [0.25, 0.3) is 22.5 Å². The fourth-order valence-electron chi connectivity index (χ4n) is 2.67. The van der Waals surface area contributed by atoms with Crippen molar-refractivity contribution in [2.75, 3.05) is 0 Å². The average molecular weight is 364 g/mol. The van der Waals surface area contributed by atoms with Gasteiger partial charge in [-0.2, -0.15) is 0 Å². The van der Waals surface area contributed by atoms with Crippen LogP contribution < -0.4 is 0 Å². The van der Waals surface area contributed by atoms with E-state index in [1.165, 1.54) is 5.56 Å². The lowest BCUT2D eigenvalue weighted by molar-refractivity contribution is 0.528. The fraction of sp³-hybridized carbons (Fsp3) is 0.250. The predicted molar refractivity (Wildman–Crippen MR) is 104 cm³/mol. The molecule has 5 nitrogen and oxygen atoms in total. The zero-order valence-electron chi connectivity index (χ0n) is 15.0. The van der Waals surface area contributed by atoms with Crippen molar-refractivity contribution in [2.24, 2.45) is 0 Å². The molecule has 1 N–H and O–H groups in total. The van der Waals surface area contributed by atoms with Gasteiger partial charge in [0.1, 0.15) is 0 Å². The Morgan fingerprint density at radius 3 is 2.50 bits per heavy atom. The summed E-state index contributed by atoms with van der Waals surface area (Å²) >= 11 is 1.55. The Bertz CT molecular complexity index is 995. The first kappa shape index (κ1) is 16.8. The summed E-state index contributed by atoms with van der Waals surface area (Å²) in [5, 5.41) is 9.17. The van der Waals surface area contributed by atoms with Gasteiger partial charge in [-0.25, -0.2) is 4.98 Å². The first-order valence-corrected chi connectivity index (χ1v) is 9.48. The number of rotatable bonds is 4. The van der Waals surface area contributed by atoms with Gasteiger partial charge in [-0.15, -0.1) is 10.2 Å². The first-order chi connectivity index (χ1) is 12.5. The normalized spacial score (nSPS) is 12.0. The molecular formula is C20H20N4OS. The van der Waals surface area contributed by atoms with Crippen LogP contribution >= 0.6 is 11.8 Å². The van der Waals surface area contributed by atoms with E-state index in [0.717, 1.165) is 21.8 Å². The van der Waals surface area contributed by atoms with Crippen LogP contribution in [0.5, 0.6) is 0 Å². The molecule has 0 unspecified atom stereocenters. The highest BCUT2D eigenvalue weighted by molar-refractivity contribution is 7.98. The number of hydrogen-bond donors (Lipinski definition) is 1. The highest BCUT2D eigenvalue weighted by Crippen LogP contribution is 2.27. The van der Waals surface area contributed by atoms with Gasteiger partial charge >= 0.3 is 0 Å². The first-order valence-electron chi connectivity index (χ1n) is 8.50. The lowest BCUT2D eigenvalue weighted by Crippen LogP contribution is -2.10. The molecule has 2 heterocycles. The Hall–Kier alpha value is -2.60. The van der Waals surface area contributed by atoms with E-state index in [9.17, 15) is 0 Å². The molecule has 0 bridgehead atoms. The number of H-pyrrole nitrogens is 1. The van der Waals surface area contributed by atoms with Crippen LogP contribution in [0.1, 0.15) is 32.2 Å². The number of fused-ring (bicyclic) bond motifs is 1. The van der Waals surface area contributed by atoms with E-state index >= 15 is 0 Å². The molecule has 0 aliphatic rings. The highest BCUT2D eigenvalue weighted by atomic mass is 32.2. The van der Waals surface area contributed by atoms with Gasteiger partial charge in [0.15, 0.2) is 5.16 Å². The van der Waals surface area contributed by atoms with Crippen LogP contribution in [0.2, 0.25) is 0 Å². The zero-order chi connectivity index (χ0) is 18.1. The number of thioether (sulfide) groups is 1. The van der Waals surface area contributed by atoms with E-state index in [2.05, 4.69) is 53.1 Å². The van der Waals surface area contributed by atoms with Crippen molar-refractivity contribution in [2.45, 2.75) is 37.1 Å². The maximum absolute atomic E-state index is 5.81. The lowest BCUT2D eigenvalue weighted by atomic mass is 9.87. The molecule has 26 heavy (non-hydrogen) atoms. The number of nitrogens with zero attached hydrogens (tertiary/aromatic N) is 3. The molecule has 6 heteroatoms. The molecule has 4 aromatic rings. The van der Waals surface area contributed by atoms with Crippen molar-refractivity contribution >= 4 is 22.8 Å². The Morgan fingerprint density at radius 1 is 1.00 bits per heavy atom. The van der Waals surface area contributed by atoms with Crippen molar-refractivity contribution in [3.8, 4) is 11.5 Å². The minimum absolute atomic E-state index is 0.127. The molecule has 0 spiro atoms. The van der Waals surface area contributed by atoms with Gasteiger partial charge in [0.2, 0.25) is 11.8 Å². The molecule has 2 aromatic heterocycles. The summed E-state index contributed by atoms with van der Waals surface area (Å²) in [7, 11) is 0. The van der Waals surface area contributed by atoms with Gasteiger partial charge in [-0.3, -0.25) is 0 Å². The van der Waals surface area contributed by atoms with E-state index in [1.54, 1.807) is 11.8 Å². The van der Waals surface area contributed by atoms with Gasteiger partial charge in [0.05, 0.1) is 16.8 Å².